The zero-order valence-corrected chi connectivity index (χ0v) is 17.8. The van der Waals surface area contributed by atoms with Gasteiger partial charge in [-0.1, -0.05) is 28.1 Å². The van der Waals surface area contributed by atoms with Gasteiger partial charge in [-0.05, 0) is 61.7 Å². The van der Waals surface area contributed by atoms with Crippen molar-refractivity contribution in [2.24, 2.45) is 5.92 Å². The van der Waals surface area contributed by atoms with E-state index >= 15 is 0 Å². The number of halogens is 2. The summed E-state index contributed by atoms with van der Waals surface area (Å²) < 4.78 is 40.8. The first-order chi connectivity index (χ1) is 13.3. The molecule has 1 aliphatic heterocycles. The van der Waals surface area contributed by atoms with Gasteiger partial charge in [-0.3, -0.25) is 4.79 Å². The molecule has 0 spiro atoms. The SMILES string of the molecule is CC(NC(=O)C1CCN(S(=O)(=O)c2ccc(Br)cc2)CC1)c1ccc(F)cc1. The molecule has 1 aliphatic rings. The van der Waals surface area contributed by atoms with Gasteiger partial charge in [0.15, 0.2) is 0 Å². The van der Waals surface area contributed by atoms with Crippen LogP contribution >= 0.6 is 15.9 Å². The summed E-state index contributed by atoms with van der Waals surface area (Å²) in [6.07, 6.45) is 0.940. The van der Waals surface area contributed by atoms with E-state index < -0.39 is 10.0 Å². The quantitative estimate of drug-likeness (QED) is 0.723. The van der Waals surface area contributed by atoms with E-state index in [0.717, 1.165) is 10.0 Å². The van der Waals surface area contributed by atoms with Crippen molar-refractivity contribution in [3.05, 3.63) is 64.4 Å². The van der Waals surface area contributed by atoms with Crippen LogP contribution in [0, 0.1) is 11.7 Å². The molecule has 5 nitrogen and oxygen atoms in total. The first-order valence-corrected chi connectivity index (χ1v) is 11.3. The maximum atomic E-state index is 13.0. The van der Waals surface area contributed by atoms with Gasteiger partial charge in [-0.25, -0.2) is 12.8 Å². The van der Waals surface area contributed by atoms with E-state index in [2.05, 4.69) is 21.2 Å². The number of hydrogen-bond acceptors (Lipinski definition) is 3. The molecule has 0 bridgehead atoms. The highest BCUT2D eigenvalue weighted by Crippen LogP contribution is 2.25. The van der Waals surface area contributed by atoms with Crippen LogP contribution < -0.4 is 5.32 Å². The number of piperidine rings is 1. The summed E-state index contributed by atoms with van der Waals surface area (Å²) in [6.45, 7) is 2.46. The molecule has 0 saturated carbocycles. The lowest BCUT2D eigenvalue weighted by Crippen LogP contribution is -2.43. The maximum Gasteiger partial charge on any atom is 0.243 e. The summed E-state index contributed by atoms with van der Waals surface area (Å²) in [6, 6.07) is 12.3. The van der Waals surface area contributed by atoms with Crippen molar-refractivity contribution >= 4 is 31.9 Å². The molecule has 8 heteroatoms. The van der Waals surface area contributed by atoms with E-state index in [1.807, 2.05) is 6.92 Å². The summed E-state index contributed by atoms with van der Waals surface area (Å²) in [4.78, 5) is 12.8. The van der Waals surface area contributed by atoms with Gasteiger partial charge in [0.25, 0.3) is 0 Å². The minimum atomic E-state index is -3.55. The van der Waals surface area contributed by atoms with Gasteiger partial charge in [0, 0.05) is 23.5 Å². The van der Waals surface area contributed by atoms with Gasteiger partial charge in [-0.15, -0.1) is 0 Å². The van der Waals surface area contributed by atoms with Gasteiger partial charge in [-0.2, -0.15) is 4.31 Å². The number of sulfonamides is 1. The summed E-state index contributed by atoms with van der Waals surface area (Å²) in [5, 5.41) is 2.94. The Morgan fingerprint density at radius 2 is 1.68 bits per heavy atom. The highest BCUT2D eigenvalue weighted by Gasteiger charge is 2.32. The van der Waals surface area contributed by atoms with Crippen LogP contribution in [-0.4, -0.2) is 31.7 Å². The van der Waals surface area contributed by atoms with Crippen molar-refractivity contribution in [3.8, 4) is 0 Å². The molecule has 1 atom stereocenters. The fourth-order valence-corrected chi connectivity index (χ4v) is 5.01. The Bertz CT molecular complexity index is 925. The van der Waals surface area contributed by atoms with Crippen molar-refractivity contribution in [2.45, 2.75) is 30.7 Å². The molecule has 28 heavy (non-hydrogen) atoms. The van der Waals surface area contributed by atoms with Crippen molar-refractivity contribution < 1.29 is 17.6 Å². The third-order valence-corrected chi connectivity index (χ3v) is 7.45. The van der Waals surface area contributed by atoms with Gasteiger partial charge in [0.05, 0.1) is 10.9 Å². The minimum Gasteiger partial charge on any atom is -0.349 e. The monoisotopic (exact) mass is 468 g/mol. The molecule has 150 valence electrons. The Labute approximate surface area is 173 Å². The van der Waals surface area contributed by atoms with Gasteiger partial charge in [0.2, 0.25) is 15.9 Å². The summed E-state index contributed by atoms with van der Waals surface area (Å²) in [5.74, 6) is -0.654. The molecule has 3 rings (SSSR count). The lowest BCUT2D eigenvalue weighted by molar-refractivity contribution is -0.126. The largest absolute Gasteiger partial charge is 0.349 e. The average molecular weight is 469 g/mol. The van der Waals surface area contributed by atoms with Crippen LogP contribution in [0.2, 0.25) is 0 Å². The second kappa shape index (κ2) is 8.71. The average Bonchev–Trinajstić information content (AvgIpc) is 2.69. The lowest BCUT2D eigenvalue weighted by Gasteiger charge is -2.31. The predicted molar refractivity (Wildman–Crippen MR) is 109 cm³/mol. The summed E-state index contributed by atoms with van der Waals surface area (Å²) in [5.41, 5.74) is 0.824. The van der Waals surface area contributed by atoms with Crippen LogP contribution in [0.25, 0.3) is 0 Å². The van der Waals surface area contributed by atoms with Crippen LogP contribution in [-0.2, 0) is 14.8 Å². The van der Waals surface area contributed by atoms with Crippen LogP contribution in [0.5, 0.6) is 0 Å². The molecular weight excluding hydrogens is 447 g/mol. The third kappa shape index (κ3) is 4.79. The standard InChI is InChI=1S/C20H22BrFN2O3S/c1-14(15-2-6-18(22)7-3-15)23-20(25)16-10-12-24(13-11-16)28(26,27)19-8-4-17(21)5-9-19/h2-9,14,16H,10-13H2,1H3,(H,23,25). The van der Waals surface area contributed by atoms with Crippen LogP contribution in [0.4, 0.5) is 4.39 Å². The lowest BCUT2D eigenvalue weighted by atomic mass is 9.96. The maximum absolute atomic E-state index is 13.0. The summed E-state index contributed by atoms with van der Waals surface area (Å²) in [7, 11) is -3.55. The predicted octanol–water partition coefficient (Wildman–Crippen LogP) is 3.87. The Kier molecular flexibility index (Phi) is 6.52. The molecule has 1 amide bonds. The van der Waals surface area contributed by atoms with Gasteiger partial charge < -0.3 is 5.32 Å². The van der Waals surface area contributed by atoms with Crippen LogP contribution in [0.1, 0.15) is 31.4 Å². The first kappa shape index (κ1) is 21.0. The molecule has 0 aromatic heterocycles. The summed E-state index contributed by atoms with van der Waals surface area (Å²) >= 11 is 3.30. The smallest absolute Gasteiger partial charge is 0.243 e. The van der Waals surface area contributed by atoms with Crippen molar-refractivity contribution in [1.29, 1.82) is 0 Å². The van der Waals surface area contributed by atoms with E-state index in [-0.39, 0.29) is 28.6 Å². The number of rotatable bonds is 5. The Morgan fingerprint density at radius 3 is 2.25 bits per heavy atom. The Morgan fingerprint density at radius 1 is 1.11 bits per heavy atom. The van der Waals surface area contributed by atoms with Crippen molar-refractivity contribution in [3.63, 3.8) is 0 Å². The second-order valence-electron chi connectivity index (χ2n) is 6.91. The Balaban J connectivity index is 1.57. The third-order valence-electron chi connectivity index (χ3n) is 5.00. The van der Waals surface area contributed by atoms with E-state index in [0.29, 0.717) is 25.9 Å². The number of hydrogen-bond donors (Lipinski definition) is 1. The number of nitrogens with zero attached hydrogens (tertiary/aromatic N) is 1. The molecular formula is C20H22BrFN2O3S. The van der Waals surface area contributed by atoms with E-state index in [1.54, 1.807) is 36.4 Å². The number of amides is 1. The van der Waals surface area contributed by atoms with E-state index in [9.17, 15) is 17.6 Å². The van der Waals surface area contributed by atoms with E-state index in [4.69, 9.17) is 0 Å². The minimum absolute atomic E-state index is 0.0995. The fraction of sp³-hybridized carbons (Fsp3) is 0.350. The zero-order chi connectivity index (χ0) is 20.3. The number of carbonyl (C=O) groups is 1. The molecule has 0 aliphatic carbocycles. The molecule has 1 saturated heterocycles. The van der Waals surface area contributed by atoms with Gasteiger partial charge in [0.1, 0.15) is 5.82 Å². The Hall–Kier alpha value is -1.77. The first-order valence-electron chi connectivity index (χ1n) is 9.09. The van der Waals surface area contributed by atoms with Crippen molar-refractivity contribution in [1.82, 2.24) is 9.62 Å². The molecule has 1 unspecified atom stereocenters. The highest BCUT2D eigenvalue weighted by atomic mass is 79.9. The zero-order valence-electron chi connectivity index (χ0n) is 15.4. The van der Waals surface area contributed by atoms with Crippen LogP contribution in [0.15, 0.2) is 57.9 Å². The highest BCUT2D eigenvalue weighted by molar-refractivity contribution is 9.10. The number of carbonyl (C=O) groups excluding carboxylic acids is 1. The topological polar surface area (TPSA) is 66.5 Å². The normalized spacial score (nSPS) is 17.2. The molecule has 1 fully saturated rings. The molecule has 1 heterocycles. The van der Waals surface area contributed by atoms with Crippen molar-refractivity contribution in [2.75, 3.05) is 13.1 Å². The van der Waals surface area contributed by atoms with Gasteiger partial charge >= 0.3 is 0 Å². The number of benzene rings is 2. The van der Waals surface area contributed by atoms with Crippen LogP contribution in [0.3, 0.4) is 0 Å². The molecule has 2 aromatic rings. The second-order valence-corrected chi connectivity index (χ2v) is 9.77. The number of nitrogens with one attached hydrogen (secondary N) is 1. The van der Waals surface area contributed by atoms with E-state index in [1.165, 1.54) is 16.4 Å². The molecule has 2 aromatic carbocycles. The fourth-order valence-electron chi connectivity index (χ4n) is 3.28. The molecule has 0 radical (unpaired) electrons. The molecule has 1 N–H and O–H groups in total.